The Bertz CT molecular complexity index is 613. The number of pyridine rings is 1. The molecular weight excluding hydrogens is 278 g/mol. The first-order valence-corrected chi connectivity index (χ1v) is 7.02. The van der Waals surface area contributed by atoms with Crippen LogP contribution < -0.4 is 16.4 Å². The molecule has 0 saturated heterocycles. The largest absolute Gasteiger partial charge is 0.356 e. The third kappa shape index (κ3) is 5.62. The maximum absolute atomic E-state index is 11.0. The quantitative estimate of drug-likeness (QED) is 0.576. The lowest BCUT2D eigenvalue weighted by Gasteiger charge is -2.10. The van der Waals surface area contributed by atoms with Crippen molar-refractivity contribution in [2.45, 2.75) is 13.0 Å². The van der Waals surface area contributed by atoms with E-state index >= 15 is 0 Å². The van der Waals surface area contributed by atoms with Crippen LogP contribution in [0, 0.1) is 0 Å². The van der Waals surface area contributed by atoms with Gasteiger partial charge in [0, 0.05) is 24.9 Å². The summed E-state index contributed by atoms with van der Waals surface area (Å²) >= 11 is 0. The summed E-state index contributed by atoms with van der Waals surface area (Å²) in [5, 5.41) is 5.56. The zero-order valence-electron chi connectivity index (χ0n) is 12.2. The van der Waals surface area contributed by atoms with Gasteiger partial charge in [0.15, 0.2) is 5.96 Å². The lowest BCUT2D eigenvalue weighted by Crippen LogP contribution is -2.44. The molecule has 0 spiro atoms. The van der Waals surface area contributed by atoms with Gasteiger partial charge < -0.3 is 11.1 Å². The second kappa shape index (κ2) is 8.41. The van der Waals surface area contributed by atoms with Crippen LogP contribution in [-0.2, 0) is 13.0 Å². The lowest BCUT2D eigenvalue weighted by atomic mass is 10.2. The lowest BCUT2D eigenvalue weighted by molar-refractivity contribution is 0.253. The highest BCUT2D eigenvalue weighted by atomic mass is 16.2. The summed E-state index contributed by atoms with van der Waals surface area (Å²) in [6.45, 7) is 1.07. The van der Waals surface area contributed by atoms with E-state index in [1.54, 1.807) is 6.20 Å². The molecule has 4 N–H and O–H groups in total. The van der Waals surface area contributed by atoms with Gasteiger partial charge in [-0.2, -0.15) is 0 Å². The van der Waals surface area contributed by atoms with Crippen molar-refractivity contribution >= 4 is 12.0 Å². The smallest absolute Gasteiger partial charge is 0.318 e. The SMILES string of the molecule is NC(=O)NC(=NCc1ccccc1)NCCc1ccccn1. The Morgan fingerprint density at radius 3 is 2.59 bits per heavy atom. The van der Waals surface area contributed by atoms with E-state index in [0.717, 1.165) is 17.7 Å². The van der Waals surface area contributed by atoms with Crippen molar-refractivity contribution in [3.8, 4) is 0 Å². The van der Waals surface area contributed by atoms with Crippen molar-refractivity contribution in [1.29, 1.82) is 0 Å². The second-order valence-electron chi connectivity index (χ2n) is 4.64. The monoisotopic (exact) mass is 297 g/mol. The summed E-state index contributed by atoms with van der Waals surface area (Å²) < 4.78 is 0. The van der Waals surface area contributed by atoms with Gasteiger partial charge in [0.2, 0.25) is 0 Å². The van der Waals surface area contributed by atoms with Gasteiger partial charge in [-0.3, -0.25) is 10.3 Å². The van der Waals surface area contributed by atoms with Crippen LogP contribution >= 0.6 is 0 Å². The predicted molar refractivity (Wildman–Crippen MR) is 86.2 cm³/mol. The molecule has 1 aromatic heterocycles. The molecule has 1 heterocycles. The normalized spacial score (nSPS) is 11.0. The Morgan fingerprint density at radius 1 is 1.14 bits per heavy atom. The fourth-order valence-electron chi connectivity index (χ4n) is 1.87. The van der Waals surface area contributed by atoms with Crippen molar-refractivity contribution in [3.05, 3.63) is 66.0 Å². The van der Waals surface area contributed by atoms with Crippen LogP contribution in [0.25, 0.3) is 0 Å². The molecule has 1 aromatic carbocycles. The first kappa shape index (κ1) is 15.5. The Hall–Kier alpha value is -2.89. The fourth-order valence-corrected chi connectivity index (χ4v) is 1.87. The van der Waals surface area contributed by atoms with E-state index in [9.17, 15) is 4.79 Å². The highest BCUT2D eigenvalue weighted by molar-refractivity contribution is 5.95. The first-order valence-electron chi connectivity index (χ1n) is 7.02. The number of aromatic nitrogens is 1. The number of aliphatic imine (C=N–C) groups is 1. The number of nitrogens with two attached hydrogens (primary N) is 1. The number of amides is 2. The van der Waals surface area contributed by atoms with Gasteiger partial charge >= 0.3 is 6.03 Å². The summed E-state index contributed by atoms with van der Waals surface area (Å²) in [5.74, 6) is 0.368. The van der Waals surface area contributed by atoms with Crippen molar-refractivity contribution in [2.24, 2.45) is 10.7 Å². The average molecular weight is 297 g/mol. The maximum Gasteiger partial charge on any atom is 0.318 e. The Morgan fingerprint density at radius 2 is 1.91 bits per heavy atom. The Balaban J connectivity index is 1.89. The van der Waals surface area contributed by atoms with Crippen LogP contribution in [0.5, 0.6) is 0 Å². The molecule has 6 heteroatoms. The minimum absolute atomic E-state index is 0.368. The number of hydrogen-bond acceptors (Lipinski definition) is 3. The summed E-state index contributed by atoms with van der Waals surface area (Å²) in [6.07, 6.45) is 2.48. The minimum atomic E-state index is -0.642. The molecule has 0 radical (unpaired) electrons. The number of guanidine groups is 1. The van der Waals surface area contributed by atoms with Crippen molar-refractivity contribution in [1.82, 2.24) is 15.6 Å². The molecule has 0 aliphatic rings. The minimum Gasteiger partial charge on any atom is -0.356 e. The van der Waals surface area contributed by atoms with Gasteiger partial charge in [0.05, 0.1) is 6.54 Å². The van der Waals surface area contributed by atoms with E-state index < -0.39 is 6.03 Å². The van der Waals surface area contributed by atoms with Crippen LogP contribution in [0.3, 0.4) is 0 Å². The number of primary amides is 1. The van der Waals surface area contributed by atoms with Crippen LogP contribution in [0.4, 0.5) is 4.79 Å². The first-order chi connectivity index (χ1) is 10.7. The van der Waals surface area contributed by atoms with E-state index in [1.165, 1.54) is 0 Å². The standard InChI is InChI=1S/C16H19N5O/c17-15(22)21-16(20-12-13-6-2-1-3-7-13)19-11-9-14-8-4-5-10-18-14/h1-8,10H,9,11-12H2,(H4,17,19,20,21,22). The molecule has 0 aliphatic carbocycles. The molecule has 2 amide bonds. The van der Waals surface area contributed by atoms with E-state index in [-0.39, 0.29) is 0 Å². The van der Waals surface area contributed by atoms with Crippen LogP contribution in [0.1, 0.15) is 11.3 Å². The molecule has 0 atom stereocenters. The topological polar surface area (TPSA) is 92.4 Å². The van der Waals surface area contributed by atoms with E-state index in [0.29, 0.717) is 19.0 Å². The summed E-state index contributed by atoms with van der Waals surface area (Å²) in [6, 6.07) is 14.9. The number of nitrogens with zero attached hydrogens (tertiary/aromatic N) is 2. The maximum atomic E-state index is 11.0. The number of rotatable bonds is 5. The third-order valence-corrected chi connectivity index (χ3v) is 2.90. The molecule has 0 bridgehead atoms. The zero-order valence-corrected chi connectivity index (χ0v) is 12.2. The number of urea groups is 1. The molecule has 2 aromatic rings. The zero-order chi connectivity index (χ0) is 15.6. The van der Waals surface area contributed by atoms with E-state index in [2.05, 4.69) is 20.6 Å². The van der Waals surface area contributed by atoms with Crippen molar-refractivity contribution in [3.63, 3.8) is 0 Å². The van der Waals surface area contributed by atoms with Crippen LogP contribution in [0.2, 0.25) is 0 Å². The molecular formula is C16H19N5O. The predicted octanol–water partition coefficient (Wildman–Crippen LogP) is 1.44. The van der Waals surface area contributed by atoms with Crippen LogP contribution in [-0.4, -0.2) is 23.5 Å². The number of hydrogen-bond donors (Lipinski definition) is 3. The molecule has 0 saturated carbocycles. The van der Waals surface area contributed by atoms with Gasteiger partial charge in [0.25, 0.3) is 0 Å². The molecule has 6 nitrogen and oxygen atoms in total. The number of nitrogens with one attached hydrogen (secondary N) is 2. The third-order valence-electron chi connectivity index (χ3n) is 2.90. The molecule has 0 aliphatic heterocycles. The Labute approximate surface area is 129 Å². The fraction of sp³-hybridized carbons (Fsp3) is 0.188. The summed E-state index contributed by atoms with van der Waals surface area (Å²) in [5.41, 5.74) is 7.18. The van der Waals surface area contributed by atoms with Gasteiger partial charge in [-0.15, -0.1) is 0 Å². The van der Waals surface area contributed by atoms with Crippen molar-refractivity contribution < 1.29 is 4.79 Å². The highest BCUT2D eigenvalue weighted by Gasteiger charge is 2.02. The van der Waals surface area contributed by atoms with Crippen LogP contribution in [0.15, 0.2) is 59.7 Å². The number of carbonyl (C=O) groups excluding carboxylic acids is 1. The van der Waals surface area contributed by atoms with E-state index in [1.807, 2.05) is 48.5 Å². The second-order valence-corrected chi connectivity index (χ2v) is 4.64. The van der Waals surface area contributed by atoms with Gasteiger partial charge in [-0.25, -0.2) is 9.79 Å². The molecule has 2 rings (SSSR count). The molecule has 0 fully saturated rings. The highest BCUT2D eigenvalue weighted by Crippen LogP contribution is 2.00. The number of carbonyl (C=O) groups is 1. The van der Waals surface area contributed by atoms with E-state index in [4.69, 9.17) is 5.73 Å². The number of benzene rings is 1. The summed E-state index contributed by atoms with van der Waals surface area (Å²) in [4.78, 5) is 19.6. The van der Waals surface area contributed by atoms with Crippen molar-refractivity contribution in [2.75, 3.05) is 6.54 Å². The average Bonchev–Trinajstić information content (AvgIpc) is 2.54. The molecule has 0 unspecified atom stereocenters. The van der Waals surface area contributed by atoms with Gasteiger partial charge in [-0.1, -0.05) is 36.4 Å². The summed E-state index contributed by atoms with van der Waals surface area (Å²) in [7, 11) is 0. The Kier molecular flexibility index (Phi) is 5.92. The molecule has 22 heavy (non-hydrogen) atoms. The van der Waals surface area contributed by atoms with Gasteiger partial charge in [-0.05, 0) is 17.7 Å². The molecule has 114 valence electrons. The van der Waals surface area contributed by atoms with Gasteiger partial charge in [0.1, 0.15) is 0 Å².